The van der Waals surface area contributed by atoms with Crippen LogP contribution >= 0.6 is 0 Å². The fourth-order valence-electron chi connectivity index (χ4n) is 4.07. The van der Waals surface area contributed by atoms with Crippen molar-refractivity contribution >= 4 is 5.84 Å². The third-order valence-corrected chi connectivity index (χ3v) is 5.43. The van der Waals surface area contributed by atoms with Crippen LogP contribution in [0.2, 0.25) is 0 Å². The number of benzene rings is 1. The average Bonchev–Trinajstić information content (AvgIpc) is 2.93. The van der Waals surface area contributed by atoms with Gasteiger partial charge >= 0.3 is 0 Å². The number of fused-ring (bicyclic) bond motifs is 1. The summed E-state index contributed by atoms with van der Waals surface area (Å²) in [6.07, 6.45) is -4.11. The van der Waals surface area contributed by atoms with Crippen LogP contribution < -0.4 is 0 Å². The van der Waals surface area contributed by atoms with Crippen LogP contribution in [0.15, 0.2) is 24.3 Å². The van der Waals surface area contributed by atoms with Gasteiger partial charge in [-0.25, -0.2) is 13.2 Å². The van der Waals surface area contributed by atoms with E-state index in [4.69, 9.17) is 10.1 Å². The molecule has 0 aromatic heterocycles. The number of hydrogen-bond donors (Lipinski definition) is 1. The lowest BCUT2D eigenvalue weighted by atomic mass is 9.64. The molecule has 0 saturated carbocycles. The highest BCUT2D eigenvalue weighted by Crippen LogP contribution is 2.54. The second kappa shape index (κ2) is 5.49. The maximum absolute atomic E-state index is 14.5. The predicted octanol–water partition coefficient (Wildman–Crippen LogP) is 3.14. The van der Waals surface area contributed by atoms with Crippen molar-refractivity contribution in [2.24, 2.45) is 11.3 Å². The van der Waals surface area contributed by atoms with E-state index in [0.717, 1.165) is 0 Å². The summed E-state index contributed by atoms with van der Waals surface area (Å²) in [4.78, 5) is 1.45. The van der Waals surface area contributed by atoms with E-state index in [9.17, 15) is 18.4 Å². The maximum Gasteiger partial charge on any atom is 0.264 e. The van der Waals surface area contributed by atoms with Crippen molar-refractivity contribution in [2.75, 3.05) is 13.7 Å². The number of hydrogen-bond acceptors (Lipinski definition) is 3. The molecule has 7 heteroatoms. The van der Waals surface area contributed by atoms with E-state index >= 15 is 0 Å². The molecule has 2 aliphatic heterocycles. The summed E-state index contributed by atoms with van der Waals surface area (Å²) < 4.78 is 46.9. The van der Waals surface area contributed by atoms with E-state index in [1.165, 1.54) is 17.0 Å². The van der Waals surface area contributed by atoms with Crippen LogP contribution in [0.4, 0.5) is 13.2 Å². The zero-order valence-electron chi connectivity index (χ0n) is 13.4. The first-order valence-corrected chi connectivity index (χ1v) is 7.67. The zero-order valence-corrected chi connectivity index (χ0v) is 13.4. The third-order valence-electron chi connectivity index (χ3n) is 5.43. The molecule has 2 heterocycles. The average molecular weight is 337 g/mol. The SMILES string of the molecule is CN1C(=N)C(C)(C#N)C[C@@H]2C(C(F)F)OC[C@@]21c1ccccc1F. The number of halogens is 3. The molecule has 2 fully saturated rings. The molecule has 0 aliphatic carbocycles. The van der Waals surface area contributed by atoms with E-state index < -0.39 is 35.2 Å². The van der Waals surface area contributed by atoms with E-state index in [1.807, 2.05) is 0 Å². The molecule has 1 aromatic rings. The molecular formula is C17H18F3N3O. The van der Waals surface area contributed by atoms with E-state index in [2.05, 4.69) is 6.07 Å². The minimum absolute atomic E-state index is 0.0111. The molecule has 1 N–H and O–H groups in total. The first kappa shape index (κ1) is 16.8. The van der Waals surface area contributed by atoms with Gasteiger partial charge in [0.2, 0.25) is 0 Å². The highest BCUT2D eigenvalue weighted by molar-refractivity contribution is 5.89. The summed E-state index contributed by atoms with van der Waals surface area (Å²) >= 11 is 0. The number of rotatable bonds is 2. The van der Waals surface area contributed by atoms with Crippen LogP contribution in [-0.2, 0) is 10.3 Å². The van der Waals surface area contributed by atoms with Crippen molar-refractivity contribution < 1.29 is 17.9 Å². The van der Waals surface area contributed by atoms with Gasteiger partial charge in [0.1, 0.15) is 23.2 Å². The number of nitriles is 1. The Bertz CT molecular complexity index is 719. The lowest BCUT2D eigenvalue weighted by Gasteiger charge is -2.52. The topological polar surface area (TPSA) is 60.1 Å². The normalized spacial score (nSPS) is 35.9. The van der Waals surface area contributed by atoms with Crippen molar-refractivity contribution in [3.05, 3.63) is 35.6 Å². The maximum atomic E-state index is 14.5. The Labute approximate surface area is 138 Å². The summed E-state index contributed by atoms with van der Waals surface area (Å²) in [6.45, 7) is 1.41. The molecule has 2 saturated heterocycles. The van der Waals surface area contributed by atoms with Gasteiger partial charge in [0.05, 0.1) is 18.2 Å². The molecule has 2 aliphatic rings. The molecular weight excluding hydrogens is 319 g/mol. The fourth-order valence-corrected chi connectivity index (χ4v) is 4.07. The summed E-state index contributed by atoms with van der Waals surface area (Å²) in [5.74, 6) is -1.33. The molecule has 24 heavy (non-hydrogen) atoms. The Morgan fingerprint density at radius 2 is 2.08 bits per heavy atom. The quantitative estimate of drug-likeness (QED) is 0.902. The van der Waals surface area contributed by atoms with Gasteiger partial charge in [-0.15, -0.1) is 0 Å². The standard InChI is InChI=1S/C17H18F3N3O/c1-16(8-21)7-11-13(14(19)20)24-9-17(11,23(2)15(16)22)10-5-3-4-6-12(10)18/h3-6,11,13-14,22H,7,9H2,1-2H3/t11-,13?,16?,17-/m1/s1. The molecule has 4 nitrogen and oxygen atoms in total. The largest absolute Gasteiger partial charge is 0.369 e. The number of likely N-dealkylation sites (tertiary alicyclic amines) is 1. The Morgan fingerprint density at radius 1 is 1.42 bits per heavy atom. The fraction of sp³-hybridized carbons (Fsp3) is 0.529. The highest BCUT2D eigenvalue weighted by Gasteiger charge is 2.63. The van der Waals surface area contributed by atoms with Crippen molar-refractivity contribution in [1.82, 2.24) is 4.90 Å². The Kier molecular flexibility index (Phi) is 3.83. The second-order valence-corrected chi connectivity index (χ2v) is 6.68. The monoisotopic (exact) mass is 337 g/mol. The minimum Gasteiger partial charge on any atom is -0.369 e. The van der Waals surface area contributed by atoms with Crippen LogP contribution in [0, 0.1) is 33.9 Å². The van der Waals surface area contributed by atoms with Gasteiger partial charge in [-0.1, -0.05) is 18.2 Å². The van der Waals surface area contributed by atoms with E-state index in [0.29, 0.717) is 0 Å². The molecule has 0 bridgehead atoms. The molecule has 0 amide bonds. The van der Waals surface area contributed by atoms with Gasteiger partial charge in [0.15, 0.2) is 0 Å². The third kappa shape index (κ3) is 2.06. The molecule has 0 radical (unpaired) electrons. The van der Waals surface area contributed by atoms with Crippen LogP contribution in [-0.4, -0.2) is 36.9 Å². The van der Waals surface area contributed by atoms with Gasteiger partial charge in [-0.05, 0) is 19.4 Å². The summed E-state index contributed by atoms with van der Waals surface area (Å²) in [5.41, 5.74) is -2.19. The number of nitrogens with zero attached hydrogens (tertiary/aromatic N) is 2. The van der Waals surface area contributed by atoms with Crippen LogP contribution in [0.25, 0.3) is 0 Å². The number of likely N-dealkylation sites (N-methyl/N-ethyl adjacent to an activating group) is 1. The van der Waals surface area contributed by atoms with Crippen molar-refractivity contribution in [3.63, 3.8) is 0 Å². The van der Waals surface area contributed by atoms with E-state index in [1.54, 1.807) is 26.1 Å². The van der Waals surface area contributed by atoms with Gasteiger partial charge in [0.25, 0.3) is 6.43 Å². The molecule has 2 unspecified atom stereocenters. The van der Waals surface area contributed by atoms with Crippen LogP contribution in [0.5, 0.6) is 0 Å². The first-order valence-electron chi connectivity index (χ1n) is 7.67. The Balaban J connectivity index is 2.20. The number of piperidine rings is 1. The molecule has 0 spiro atoms. The summed E-state index contributed by atoms with van der Waals surface area (Å²) in [6, 6.07) is 8.03. The number of ether oxygens (including phenoxy) is 1. The van der Waals surface area contributed by atoms with Gasteiger partial charge in [-0.2, -0.15) is 5.26 Å². The van der Waals surface area contributed by atoms with Crippen LogP contribution in [0.3, 0.4) is 0 Å². The second-order valence-electron chi connectivity index (χ2n) is 6.68. The lowest BCUT2D eigenvalue weighted by molar-refractivity contribution is -0.0447. The minimum atomic E-state index is -2.74. The van der Waals surface area contributed by atoms with Crippen molar-refractivity contribution in [1.29, 1.82) is 10.7 Å². The first-order chi connectivity index (χ1) is 11.3. The molecule has 3 rings (SSSR count). The summed E-state index contributed by atoms with van der Waals surface area (Å²) in [7, 11) is 1.55. The van der Waals surface area contributed by atoms with E-state index in [-0.39, 0.29) is 24.4 Å². The lowest BCUT2D eigenvalue weighted by Crippen LogP contribution is -2.62. The molecule has 4 atom stereocenters. The van der Waals surface area contributed by atoms with Gasteiger partial charge in [0, 0.05) is 18.5 Å². The van der Waals surface area contributed by atoms with Gasteiger partial charge < -0.3 is 9.64 Å². The number of amidine groups is 1. The van der Waals surface area contributed by atoms with Gasteiger partial charge in [-0.3, -0.25) is 5.41 Å². The summed E-state index contributed by atoms with van der Waals surface area (Å²) in [5, 5.41) is 17.8. The predicted molar refractivity (Wildman–Crippen MR) is 81.1 cm³/mol. The smallest absolute Gasteiger partial charge is 0.264 e. The van der Waals surface area contributed by atoms with Crippen molar-refractivity contribution in [2.45, 2.75) is 31.4 Å². The van der Waals surface area contributed by atoms with Crippen molar-refractivity contribution in [3.8, 4) is 6.07 Å². The molecule has 128 valence electrons. The highest BCUT2D eigenvalue weighted by atomic mass is 19.3. The molecule has 1 aromatic carbocycles. The number of alkyl halides is 2. The Morgan fingerprint density at radius 3 is 2.67 bits per heavy atom. The number of nitrogens with one attached hydrogen (secondary N) is 1. The van der Waals surface area contributed by atoms with Crippen LogP contribution in [0.1, 0.15) is 18.9 Å². The zero-order chi connectivity index (χ0) is 17.7. The Hall–Kier alpha value is -2.07.